The van der Waals surface area contributed by atoms with Gasteiger partial charge in [0.2, 0.25) is 5.91 Å². The molecule has 1 aliphatic carbocycles. The lowest BCUT2D eigenvalue weighted by atomic mass is 9.54. The molecule has 1 aromatic rings. The van der Waals surface area contributed by atoms with E-state index in [0.29, 0.717) is 23.2 Å². The largest absolute Gasteiger partial charge is 0.378 e. The van der Waals surface area contributed by atoms with Gasteiger partial charge in [-0.15, -0.1) is 12.4 Å². The molecule has 7 heteroatoms. The zero-order chi connectivity index (χ0) is 15.8. The number of hydrogen-bond acceptors (Lipinski definition) is 3. The molecule has 0 radical (unpaired) electrons. The summed E-state index contributed by atoms with van der Waals surface area (Å²) in [6.45, 7) is 6.37. The Hall–Kier alpha value is -0.690. The van der Waals surface area contributed by atoms with Gasteiger partial charge in [-0.25, -0.2) is 4.39 Å². The lowest BCUT2D eigenvalue weighted by molar-refractivity contribution is -0.166. The van der Waals surface area contributed by atoms with Crippen molar-refractivity contribution in [1.82, 2.24) is 0 Å². The maximum atomic E-state index is 13.2. The molecular formula is C15H21BrClFN2O2. The van der Waals surface area contributed by atoms with Crippen LogP contribution in [0.15, 0.2) is 22.7 Å². The van der Waals surface area contributed by atoms with Crippen LogP contribution in [0.25, 0.3) is 0 Å². The van der Waals surface area contributed by atoms with E-state index in [4.69, 9.17) is 10.5 Å². The van der Waals surface area contributed by atoms with Crippen LogP contribution in [-0.4, -0.2) is 24.2 Å². The number of nitrogens with two attached hydrogens (primary N) is 1. The average Bonchev–Trinajstić information content (AvgIpc) is 2.42. The number of benzene rings is 1. The van der Waals surface area contributed by atoms with Gasteiger partial charge < -0.3 is 15.8 Å². The van der Waals surface area contributed by atoms with Gasteiger partial charge in [-0.1, -0.05) is 13.8 Å². The van der Waals surface area contributed by atoms with E-state index < -0.39 is 11.0 Å². The summed E-state index contributed by atoms with van der Waals surface area (Å²) in [5.41, 5.74) is 5.34. The number of hydrogen-bond donors (Lipinski definition) is 2. The second kappa shape index (κ2) is 6.83. The van der Waals surface area contributed by atoms with Gasteiger partial charge in [0.25, 0.3) is 0 Å². The first-order valence-corrected chi connectivity index (χ1v) is 7.68. The number of amides is 1. The lowest BCUT2D eigenvalue weighted by Gasteiger charge is -2.57. The van der Waals surface area contributed by atoms with Gasteiger partial charge in [0.15, 0.2) is 0 Å². The molecule has 0 spiro atoms. The van der Waals surface area contributed by atoms with Crippen LogP contribution in [-0.2, 0) is 9.53 Å². The van der Waals surface area contributed by atoms with E-state index in [0.717, 1.165) is 0 Å². The summed E-state index contributed by atoms with van der Waals surface area (Å²) in [4.78, 5) is 12.5. The Bertz CT molecular complexity index is 570. The van der Waals surface area contributed by atoms with Gasteiger partial charge in [0.1, 0.15) is 11.4 Å². The SMILES string of the molecule is CCOC1CC(N)(C(=O)Nc2ccc(F)c(Br)c2)C1(C)C.Cl. The molecule has 4 nitrogen and oxygen atoms in total. The minimum atomic E-state index is -0.992. The van der Waals surface area contributed by atoms with Crippen molar-refractivity contribution in [2.45, 2.75) is 38.8 Å². The minimum absolute atomic E-state index is 0. The van der Waals surface area contributed by atoms with Crippen molar-refractivity contribution >= 4 is 39.9 Å². The third-order valence-corrected chi connectivity index (χ3v) is 5.02. The van der Waals surface area contributed by atoms with Crippen molar-refractivity contribution in [3.05, 3.63) is 28.5 Å². The Morgan fingerprint density at radius 3 is 2.68 bits per heavy atom. The maximum Gasteiger partial charge on any atom is 0.245 e. The molecule has 1 aromatic carbocycles. The van der Waals surface area contributed by atoms with E-state index >= 15 is 0 Å². The normalized spacial score (nSPS) is 25.8. The molecule has 1 aliphatic rings. The van der Waals surface area contributed by atoms with Gasteiger partial charge >= 0.3 is 0 Å². The topological polar surface area (TPSA) is 64.3 Å². The average molecular weight is 396 g/mol. The minimum Gasteiger partial charge on any atom is -0.378 e. The fourth-order valence-corrected chi connectivity index (χ4v) is 3.02. The summed E-state index contributed by atoms with van der Waals surface area (Å²) in [6, 6.07) is 4.31. The van der Waals surface area contributed by atoms with Crippen LogP contribution in [0.3, 0.4) is 0 Å². The lowest BCUT2D eigenvalue weighted by Crippen LogP contribution is -2.74. The molecule has 0 heterocycles. The number of halogens is 3. The fraction of sp³-hybridized carbons (Fsp3) is 0.533. The highest BCUT2D eigenvalue weighted by Gasteiger charge is 2.62. The third kappa shape index (κ3) is 3.15. The van der Waals surface area contributed by atoms with Crippen LogP contribution < -0.4 is 11.1 Å². The predicted molar refractivity (Wildman–Crippen MR) is 90.7 cm³/mol. The van der Waals surface area contributed by atoms with Gasteiger partial charge in [0.05, 0.1) is 10.6 Å². The molecule has 2 atom stereocenters. The van der Waals surface area contributed by atoms with Crippen molar-refractivity contribution in [2.24, 2.45) is 11.1 Å². The molecule has 0 bridgehead atoms. The number of ether oxygens (including phenoxy) is 1. The standard InChI is InChI=1S/C15H20BrFN2O2.ClH/c1-4-21-12-8-15(18,14(12,2)3)13(20)19-9-5-6-11(17)10(16)7-9;/h5-7,12H,4,8,18H2,1-3H3,(H,19,20);1H. The van der Waals surface area contributed by atoms with Crippen LogP contribution in [0.4, 0.5) is 10.1 Å². The zero-order valence-electron chi connectivity index (χ0n) is 12.8. The highest BCUT2D eigenvalue weighted by molar-refractivity contribution is 9.10. The molecule has 1 fully saturated rings. The van der Waals surface area contributed by atoms with E-state index in [2.05, 4.69) is 21.2 Å². The smallest absolute Gasteiger partial charge is 0.245 e. The van der Waals surface area contributed by atoms with Crippen LogP contribution in [0, 0.1) is 11.2 Å². The number of anilines is 1. The molecule has 0 saturated heterocycles. The first kappa shape index (κ1) is 19.4. The van der Waals surface area contributed by atoms with Crippen molar-refractivity contribution in [3.63, 3.8) is 0 Å². The highest BCUT2D eigenvalue weighted by Crippen LogP contribution is 2.50. The van der Waals surface area contributed by atoms with Crippen molar-refractivity contribution in [2.75, 3.05) is 11.9 Å². The van der Waals surface area contributed by atoms with E-state index in [9.17, 15) is 9.18 Å². The van der Waals surface area contributed by atoms with Crippen LogP contribution in [0.1, 0.15) is 27.2 Å². The summed E-state index contributed by atoms with van der Waals surface area (Å²) in [5, 5.41) is 2.75. The van der Waals surface area contributed by atoms with E-state index in [-0.39, 0.29) is 30.2 Å². The molecule has 0 aliphatic heterocycles. The zero-order valence-corrected chi connectivity index (χ0v) is 15.2. The quantitative estimate of drug-likeness (QED) is 0.820. The van der Waals surface area contributed by atoms with Crippen LogP contribution >= 0.6 is 28.3 Å². The molecule has 1 amide bonds. The molecule has 22 heavy (non-hydrogen) atoms. The number of carbonyl (C=O) groups excluding carboxylic acids is 1. The summed E-state index contributed by atoms with van der Waals surface area (Å²) in [5.74, 6) is -0.655. The first-order valence-electron chi connectivity index (χ1n) is 6.89. The van der Waals surface area contributed by atoms with Crippen LogP contribution in [0.5, 0.6) is 0 Å². The molecular weight excluding hydrogens is 375 g/mol. The maximum absolute atomic E-state index is 13.2. The van der Waals surface area contributed by atoms with Gasteiger partial charge in [-0.3, -0.25) is 4.79 Å². The first-order chi connectivity index (χ1) is 9.72. The van der Waals surface area contributed by atoms with Crippen molar-refractivity contribution in [3.8, 4) is 0 Å². The molecule has 1 saturated carbocycles. The summed E-state index contributed by atoms with van der Waals surface area (Å²) < 4.78 is 19.1. The van der Waals surface area contributed by atoms with Gasteiger partial charge in [-0.05, 0) is 41.1 Å². The fourth-order valence-electron chi connectivity index (χ4n) is 2.64. The van der Waals surface area contributed by atoms with E-state index in [1.54, 1.807) is 0 Å². The third-order valence-electron chi connectivity index (χ3n) is 4.41. The van der Waals surface area contributed by atoms with Gasteiger partial charge in [0, 0.05) is 24.1 Å². The second-order valence-corrected chi connectivity index (χ2v) is 6.78. The molecule has 2 rings (SSSR count). The molecule has 3 N–H and O–H groups in total. The number of rotatable bonds is 4. The van der Waals surface area contributed by atoms with Gasteiger partial charge in [-0.2, -0.15) is 0 Å². The Balaban J connectivity index is 0.00000242. The molecule has 0 aromatic heterocycles. The van der Waals surface area contributed by atoms with Crippen LogP contribution in [0.2, 0.25) is 0 Å². The van der Waals surface area contributed by atoms with E-state index in [1.807, 2.05) is 20.8 Å². The van der Waals surface area contributed by atoms with E-state index in [1.165, 1.54) is 18.2 Å². The Morgan fingerprint density at radius 1 is 1.55 bits per heavy atom. The Labute approximate surface area is 144 Å². The predicted octanol–water partition coefficient (Wildman–Crippen LogP) is 3.48. The summed E-state index contributed by atoms with van der Waals surface area (Å²) >= 11 is 3.09. The Kier molecular flexibility index (Phi) is 6.01. The number of nitrogens with one attached hydrogen (secondary N) is 1. The summed E-state index contributed by atoms with van der Waals surface area (Å²) in [7, 11) is 0. The highest BCUT2D eigenvalue weighted by atomic mass is 79.9. The monoisotopic (exact) mass is 394 g/mol. The van der Waals surface area contributed by atoms with Crippen molar-refractivity contribution in [1.29, 1.82) is 0 Å². The summed E-state index contributed by atoms with van der Waals surface area (Å²) in [6.07, 6.45) is 0.445. The second-order valence-electron chi connectivity index (χ2n) is 5.92. The number of carbonyl (C=O) groups is 1. The molecule has 124 valence electrons. The Morgan fingerprint density at radius 2 is 2.18 bits per heavy atom. The van der Waals surface area contributed by atoms with Crippen molar-refractivity contribution < 1.29 is 13.9 Å². The molecule has 2 unspecified atom stereocenters.